The van der Waals surface area contributed by atoms with Gasteiger partial charge in [-0.15, -0.1) is 0 Å². The summed E-state index contributed by atoms with van der Waals surface area (Å²) in [6.45, 7) is 0. The zero-order valence-corrected chi connectivity index (χ0v) is 12.6. The lowest BCUT2D eigenvalue weighted by molar-refractivity contribution is -0.139. The van der Waals surface area contributed by atoms with Crippen molar-refractivity contribution in [3.63, 3.8) is 0 Å². The summed E-state index contributed by atoms with van der Waals surface area (Å²) in [7, 11) is 0. The first-order chi connectivity index (χ1) is 10.1. The number of aliphatic carboxylic acids is 1. The minimum atomic E-state index is -0.894. The second-order valence-electron chi connectivity index (χ2n) is 4.84. The first-order valence-corrected chi connectivity index (χ1v) is 7.29. The Hall–Kier alpha value is -1.73. The largest absolute Gasteiger partial charge is 0.480 e. The third-order valence-corrected chi connectivity index (χ3v) is 4.03. The first-order valence-electron chi connectivity index (χ1n) is 6.50. The molecule has 1 heterocycles. The van der Waals surface area contributed by atoms with E-state index in [1.165, 1.54) is 0 Å². The molecule has 0 spiro atoms. The molecule has 0 saturated carbocycles. The molecular formula is C15H14BrN3O2. The van der Waals surface area contributed by atoms with Crippen molar-refractivity contribution in [1.82, 2.24) is 16.4 Å². The van der Waals surface area contributed by atoms with Crippen molar-refractivity contribution in [2.24, 2.45) is 0 Å². The molecule has 2 unspecified atom stereocenters. The molecule has 4 N–H and O–H groups in total. The second-order valence-corrected chi connectivity index (χ2v) is 5.75. The molecule has 21 heavy (non-hydrogen) atoms. The maximum Gasteiger partial charge on any atom is 0.324 e. The molecule has 5 nitrogen and oxygen atoms in total. The fraction of sp³-hybridized carbons (Fsp3) is 0.133. The molecule has 0 bridgehead atoms. The van der Waals surface area contributed by atoms with Crippen molar-refractivity contribution in [1.29, 1.82) is 0 Å². The van der Waals surface area contributed by atoms with Crippen molar-refractivity contribution in [3.8, 4) is 11.1 Å². The molecule has 2 aromatic rings. The van der Waals surface area contributed by atoms with Crippen LogP contribution in [0.4, 0.5) is 0 Å². The van der Waals surface area contributed by atoms with Crippen LogP contribution in [0.5, 0.6) is 0 Å². The zero-order valence-electron chi connectivity index (χ0n) is 11.0. The molecule has 1 aliphatic heterocycles. The van der Waals surface area contributed by atoms with E-state index >= 15 is 0 Å². The van der Waals surface area contributed by atoms with Crippen molar-refractivity contribution in [2.75, 3.05) is 0 Å². The van der Waals surface area contributed by atoms with Crippen LogP contribution in [0.3, 0.4) is 0 Å². The van der Waals surface area contributed by atoms with Crippen LogP contribution in [0.2, 0.25) is 0 Å². The number of carboxylic acid groups (broad SMARTS) is 1. The van der Waals surface area contributed by atoms with Gasteiger partial charge in [-0.05, 0) is 28.8 Å². The highest BCUT2D eigenvalue weighted by Crippen LogP contribution is 2.25. The van der Waals surface area contributed by atoms with Gasteiger partial charge in [0, 0.05) is 4.47 Å². The maximum absolute atomic E-state index is 11.2. The van der Waals surface area contributed by atoms with Gasteiger partial charge >= 0.3 is 5.97 Å². The molecule has 3 rings (SSSR count). The van der Waals surface area contributed by atoms with E-state index in [-0.39, 0.29) is 6.04 Å². The van der Waals surface area contributed by atoms with Crippen LogP contribution in [-0.4, -0.2) is 17.1 Å². The first kappa shape index (κ1) is 14.2. The minimum Gasteiger partial charge on any atom is -0.480 e. The predicted molar refractivity (Wildman–Crippen MR) is 83.1 cm³/mol. The number of hydrogen-bond acceptors (Lipinski definition) is 4. The summed E-state index contributed by atoms with van der Waals surface area (Å²) in [5.74, 6) is -0.894. The standard InChI is InChI=1S/C15H14BrN3O2/c16-12-7-5-10(6-8-12)9-1-3-11(4-2-9)13-14(15(20)21)18-19-17-13/h1-8,13-14,17-19H,(H,20,21). The Labute approximate surface area is 130 Å². The Bertz CT molecular complexity index is 643. The molecule has 0 radical (unpaired) electrons. The number of carbonyl (C=O) groups is 1. The number of hydrogen-bond donors (Lipinski definition) is 4. The van der Waals surface area contributed by atoms with E-state index in [0.29, 0.717) is 0 Å². The number of carboxylic acids is 1. The molecule has 1 saturated heterocycles. The number of rotatable bonds is 3. The summed E-state index contributed by atoms with van der Waals surface area (Å²) in [5, 5.41) is 9.16. The van der Waals surface area contributed by atoms with Gasteiger partial charge in [-0.3, -0.25) is 4.79 Å². The molecule has 0 aromatic heterocycles. The monoisotopic (exact) mass is 347 g/mol. The van der Waals surface area contributed by atoms with Gasteiger partial charge in [0.15, 0.2) is 0 Å². The van der Waals surface area contributed by atoms with Gasteiger partial charge < -0.3 is 5.11 Å². The Morgan fingerprint density at radius 2 is 1.52 bits per heavy atom. The van der Waals surface area contributed by atoms with Crippen LogP contribution in [0.15, 0.2) is 53.0 Å². The van der Waals surface area contributed by atoms with E-state index in [1.54, 1.807) is 0 Å². The van der Waals surface area contributed by atoms with Gasteiger partial charge in [-0.2, -0.15) is 5.53 Å². The smallest absolute Gasteiger partial charge is 0.324 e. The summed E-state index contributed by atoms with van der Waals surface area (Å²) < 4.78 is 1.04. The lowest BCUT2D eigenvalue weighted by atomic mass is 9.97. The van der Waals surface area contributed by atoms with Crippen molar-refractivity contribution in [3.05, 3.63) is 58.6 Å². The highest BCUT2D eigenvalue weighted by molar-refractivity contribution is 9.10. The molecule has 1 aliphatic rings. The fourth-order valence-corrected chi connectivity index (χ4v) is 2.63. The van der Waals surface area contributed by atoms with E-state index in [1.807, 2.05) is 48.5 Å². The Balaban J connectivity index is 1.84. The van der Waals surface area contributed by atoms with E-state index < -0.39 is 12.0 Å². The molecular weight excluding hydrogens is 334 g/mol. The topological polar surface area (TPSA) is 73.4 Å². The van der Waals surface area contributed by atoms with Gasteiger partial charge in [0.25, 0.3) is 0 Å². The molecule has 1 fully saturated rings. The van der Waals surface area contributed by atoms with Crippen LogP contribution < -0.4 is 16.4 Å². The van der Waals surface area contributed by atoms with Crippen molar-refractivity contribution < 1.29 is 9.90 Å². The van der Waals surface area contributed by atoms with E-state index in [0.717, 1.165) is 21.2 Å². The second kappa shape index (κ2) is 5.95. The zero-order chi connectivity index (χ0) is 14.8. The van der Waals surface area contributed by atoms with Crippen molar-refractivity contribution >= 4 is 21.9 Å². The third-order valence-electron chi connectivity index (χ3n) is 3.50. The Morgan fingerprint density at radius 3 is 2.10 bits per heavy atom. The summed E-state index contributed by atoms with van der Waals surface area (Å²) >= 11 is 3.42. The number of hydrazine groups is 2. The molecule has 6 heteroatoms. The van der Waals surface area contributed by atoms with Gasteiger partial charge in [-0.25, -0.2) is 10.9 Å². The van der Waals surface area contributed by atoms with Gasteiger partial charge in [-0.1, -0.05) is 52.3 Å². The maximum atomic E-state index is 11.2. The van der Waals surface area contributed by atoms with Crippen LogP contribution in [0.1, 0.15) is 11.6 Å². The van der Waals surface area contributed by atoms with Gasteiger partial charge in [0.05, 0.1) is 6.04 Å². The summed E-state index contributed by atoms with van der Waals surface area (Å²) in [6.07, 6.45) is 0. The Kier molecular flexibility index (Phi) is 4.03. The lowest BCUT2D eigenvalue weighted by Gasteiger charge is -2.15. The number of nitrogens with one attached hydrogen (secondary N) is 3. The highest BCUT2D eigenvalue weighted by atomic mass is 79.9. The summed E-state index contributed by atoms with van der Waals surface area (Å²) in [6, 6.07) is 15.0. The molecule has 108 valence electrons. The lowest BCUT2D eigenvalue weighted by Crippen LogP contribution is -2.38. The molecule has 0 amide bonds. The molecule has 2 aromatic carbocycles. The van der Waals surface area contributed by atoms with Crippen LogP contribution in [0.25, 0.3) is 11.1 Å². The normalized spacial score (nSPS) is 21.4. The third kappa shape index (κ3) is 2.98. The van der Waals surface area contributed by atoms with Gasteiger partial charge in [0.1, 0.15) is 6.04 Å². The summed E-state index contributed by atoms with van der Waals surface area (Å²) in [4.78, 5) is 11.2. The Morgan fingerprint density at radius 1 is 0.952 bits per heavy atom. The van der Waals surface area contributed by atoms with E-state index in [4.69, 9.17) is 5.11 Å². The van der Waals surface area contributed by atoms with Gasteiger partial charge in [0.2, 0.25) is 0 Å². The minimum absolute atomic E-state index is 0.304. The molecule has 2 atom stereocenters. The van der Waals surface area contributed by atoms with Crippen LogP contribution in [0, 0.1) is 0 Å². The summed E-state index contributed by atoms with van der Waals surface area (Å²) in [5.41, 5.74) is 11.4. The van der Waals surface area contributed by atoms with E-state index in [9.17, 15) is 4.79 Å². The number of benzene rings is 2. The van der Waals surface area contributed by atoms with Crippen molar-refractivity contribution in [2.45, 2.75) is 12.1 Å². The SMILES string of the molecule is O=C(O)C1NNNC1c1ccc(-c2ccc(Br)cc2)cc1. The highest BCUT2D eigenvalue weighted by Gasteiger charge is 2.33. The average molecular weight is 348 g/mol. The fourth-order valence-electron chi connectivity index (χ4n) is 2.37. The number of halogens is 1. The van der Waals surface area contributed by atoms with Crippen LogP contribution in [-0.2, 0) is 4.79 Å². The quantitative estimate of drug-likeness (QED) is 0.685. The molecule has 0 aliphatic carbocycles. The van der Waals surface area contributed by atoms with E-state index in [2.05, 4.69) is 32.3 Å². The van der Waals surface area contributed by atoms with Crippen LogP contribution >= 0.6 is 15.9 Å². The predicted octanol–water partition coefficient (Wildman–Crippen LogP) is 2.22. The average Bonchev–Trinajstić information content (AvgIpc) is 2.98.